The van der Waals surface area contributed by atoms with Gasteiger partial charge in [0.1, 0.15) is 12.3 Å². The summed E-state index contributed by atoms with van der Waals surface area (Å²) in [5.74, 6) is 0.426. The quantitative estimate of drug-likeness (QED) is 0.611. The van der Waals surface area contributed by atoms with E-state index in [1.54, 1.807) is 31.3 Å². The van der Waals surface area contributed by atoms with Gasteiger partial charge in [0.25, 0.3) is 5.91 Å². The molecule has 148 valence electrons. The molecule has 3 amide bonds. The van der Waals surface area contributed by atoms with Gasteiger partial charge in [-0.25, -0.2) is 18.1 Å². The Morgan fingerprint density at radius 2 is 1.74 bits per heavy atom. The van der Waals surface area contributed by atoms with Crippen LogP contribution in [0.2, 0.25) is 0 Å². The van der Waals surface area contributed by atoms with E-state index in [0.29, 0.717) is 38.5 Å². The number of imide groups is 1. The number of rotatable bonds is 6. The van der Waals surface area contributed by atoms with Crippen LogP contribution in [0.5, 0.6) is 5.75 Å². The molecule has 0 spiro atoms. The van der Waals surface area contributed by atoms with Gasteiger partial charge in [-0.2, -0.15) is 4.31 Å². The lowest BCUT2D eigenvalue weighted by Crippen LogP contribution is -3.16. The molecule has 2 aliphatic rings. The molecule has 10 heteroatoms. The summed E-state index contributed by atoms with van der Waals surface area (Å²) < 4.78 is 32.4. The fourth-order valence-electron chi connectivity index (χ4n) is 3.27. The predicted octanol–water partition coefficient (Wildman–Crippen LogP) is -1.17. The summed E-state index contributed by atoms with van der Waals surface area (Å²) in [5, 5.41) is 0. The van der Waals surface area contributed by atoms with Gasteiger partial charge < -0.3 is 14.5 Å². The number of urea groups is 1. The van der Waals surface area contributed by atoms with Crippen molar-refractivity contribution < 1.29 is 27.6 Å². The number of piperazine rings is 1. The molecule has 0 aromatic heterocycles. The highest BCUT2D eigenvalue weighted by atomic mass is 32.2. The largest absolute Gasteiger partial charge is 0.494 e. The first-order chi connectivity index (χ1) is 12.8. The SMILES string of the molecule is CCOc1ccc(S(=O)(=O)N2CC[NH+](CN3C(=O)CN(C)C3=O)CC2)cc1. The summed E-state index contributed by atoms with van der Waals surface area (Å²) in [6.07, 6.45) is 0. The van der Waals surface area contributed by atoms with Gasteiger partial charge in [0, 0.05) is 7.05 Å². The van der Waals surface area contributed by atoms with Crippen LogP contribution in [0, 0.1) is 0 Å². The first-order valence-electron chi connectivity index (χ1n) is 8.95. The molecule has 0 radical (unpaired) electrons. The van der Waals surface area contributed by atoms with E-state index in [4.69, 9.17) is 4.74 Å². The summed E-state index contributed by atoms with van der Waals surface area (Å²) in [5.41, 5.74) is 0. The van der Waals surface area contributed by atoms with Crippen molar-refractivity contribution >= 4 is 22.0 Å². The maximum Gasteiger partial charge on any atom is 0.331 e. The Kier molecular flexibility index (Phi) is 5.68. The van der Waals surface area contributed by atoms with E-state index < -0.39 is 10.0 Å². The number of benzene rings is 1. The van der Waals surface area contributed by atoms with Crippen molar-refractivity contribution in [3.8, 4) is 5.75 Å². The van der Waals surface area contributed by atoms with Gasteiger partial charge in [-0.15, -0.1) is 0 Å². The van der Waals surface area contributed by atoms with Gasteiger partial charge in [-0.1, -0.05) is 0 Å². The lowest BCUT2D eigenvalue weighted by atomic mass is 10.3. The number of hydrogen-bond donors (Lipinski definition) is 1. The lowest BCUT2D eigenvalue weighted by molar-refractivity contribution is -0.910. The van der Waals surface area contributed by atoms with Crippen LogP contribution in [0.1, 0.15) is 6.92 Å². The van der Waals surface area contributed by atoms with Gasteiger partial charge in [0.05, 0.1) is 37.7 Å². The van der Waals surface area contributed by atoms with E-state index in [1.807, 2.05) is 6.92 Å². The van der Waals surface area contributed by atoms with Crippen LogP contribution in [0.4, 0.5) is 4.79 Å². The Hall–Kier alpha value is -2.17. The van der Waals surface area contributed by atoms with Crippen LogP contribution in [0.15, 0.2) is 29.2 Å². The van der Waals surface area contributed by atoms with Crippen molar-refractivity contribution in [1.29, 1.82) is 0 Å². The van der Waals surface area contributed by atoms with Crippen molar-refractivity contribution in [3.63, 3.8) is 0 Å². The number of likely N-dealkylation sites (N-methyl/N-ethyl adjacent to an activating group) is 1. The van der Waals surface area contributed by atoms with Gasteiger partial charge in [0.15, 0.2) is 6.67 Å². The summed E-state index contributed by atoms with van der Waals surface area (Å²) in [7, 11) is -1.97. The number of nitrogens with one attached hydrogen (secondary N) is 1. The minimum atomic E-state index is -3.57. The van der Waals surface area contributed by atoms with E-state index in [2.05, 4.69) is 0 Å². The van der Waals surface area contributed by atoms with Gasteiger partial charge in [-0.05, 0) is 31.2 Å². The smallest absolute Gasteiger partial charge is 0.331 e. The second-order valence-corrected chi connectivity index (χ2v) is 8.61. The first-order valence-corrected chi connectivity index (χ1v) is 10.4. The minimum absolute atomic E-state index is 0.102. The molecule has 1 N–H and O–H groups in total. The average molecular weight is 397 g/mol. The molecule has 0 unspecified atom stereocenters. The van der Waals surface area contributed by atoms with E-state index in [9.17, 15) is 18.0 Å². The van der Waals surface area contributed by atoms with Crippen molar-refractivity contribution in [2.24, 2.45) is 0 Å². The highest BCUT2D eigenvalue weighted by Crippen LogP contribution is 2.19. The second-order valence-electron chi connectivity index (χ2n) is 6.68. The van der Waals surface area contributed by atoms with Crippen molar-refractivity contribution in [2.45, 2.75) is 11.8 Å². The Bertz CT molecular complexity index is 803. The topological polar surface area (TPSA) is 91.7 Å². The molecule has 0 aliphatic carbocycles. The van der Waals surface area contributed by atoms with Crippen molar-refractivity contribution in [1.82, 2.24) is 14.1 Å². The molecule has 0 saturated carbocycles. The van der Waals surface area contributed by atoms with Gasteiger partial charge >= 0.3 is 6.03 Å². The Balaban J connectivity index is 1.59. The number of nitrogens with zero attached hydrogens (tertiary/aromatic N) is 3. The maximum atomic E-state index is 12.8. The molecule has 2 saturated heterocycles. The number of carbonyl (C=O) groups is 2. The van der Waals surface area contributed by atoms with Crippen molar-refractivity contribution in [3.05, 3.63) is 24.3 Å². The zero-order valence-electron chi connectivity index (χ0n) is 15.6. The molecule has 2 fully saturated rings. The molecular weight excluding hydrogens is 372 g/mol. The third kappa shape index (κ3) is 4.07. The summed E-state index contributed by atoms with van der Waals surface area (Å²) in [6, 6.07) is 6.11. The fourth-order valence-corrected chi connectivity index (χ4v) is 4.71. The summed E-state index contributed by atoms with van der Waals surface area (Å²) in [4.78, 5) is 27.7. The van der Waals surface area contributed by atoms with E-state index >= 15 is 0 Å². The molecular formula is C17H25N4O5S+. The second kappa shape index (κ2) is 7.83. The molecule has 1 aromatic rings. The standard InChI is InChI=1S/C17H24N4O5S/c1-3-26-14-4-6-15(7-5-14)27(24,25)20-10-8-19(9-11-20)13-21-16(22)12-18(2)17(21)23/h4-7H,3,8-13H2,1-2H3/p+1. The third-order valence-electron chi connectivity index (χ3n) is 4.81. The highest BCUT2D eigenvalue weighted by Gasteiger charge is 2.38. The molecule has 2 aliphatic heterocycles. The van der Waals surface area contributed by atoms with Crippen LogP contribution in [0.3, 0.4) is 0 Å². The van der Waals surface area contributed by atoms with Crippen LogP contribution in [-0.2, 0) is 14.8 Å². The van der Waals surface area contributed by atoms with Gasteiger partial charge in [-0.3, -0.25) is 4.79 Å². The summed E-state index contributed by atoms with van der Waals surface area (Å²) >= 11 is 0. The Morgan fingerprint density at radius 3 is 2.26 bits per heavy atom. The monoisotopic (exact) mass is 397 g/mol. The highest BCUT2D eigenvalue weighted by molar-refractivity contribution is 7.89. The molecule has 27 heavy (non-hydrogen) atoms. The first kappa shape index (κ1) is 19.6. The molecule has 0 atom stereocenters. The van der Waals surface area contributed by atoms with E-state index in [0.717, 1.165) is 4.90 Å². The maximum absolute atomic E-state index is 12.8. The number of amides is 3. The molecule has 3 rings (SSSR count). The van der Waals surface area contributed by atoms with Crippen molar-refractivity contribution in [2.75, 3.05) is 53.0 Å². The fraction of sp³-hybridized carbons (Fsp3) is 0.529. The number of carbonyl (C=O) groups excluding carboxylic acids is 2. The van der Waals surface area contributed by atoms with Crippen LogP contribution < -0.4 is 9.64 Å². The van der Waals surface area contributed by atoms with Crippen LogP contribution in [0.25, 0.3) is 0 Å². The number of ether oxygens (including phenoxy) is 1. The summed E-state index contributed by atoms with van der Waals surface area (Å²) in [6.45, 7) is 4.54. The number of quaternary nitrogens is 1. The van der Waals surface area contributed by atoms with Crippen LogP contribution >= 0.6 is 0 Å². The molecule has 9 nitrogen and oxygen atoms in total. The molecule has 1 aromatic carbocycles. The zero-order chi connectivity index (χ0) is 19.6. The average Bonchev–Trinajstić information content (AvgIpc) is 2.89. The Morgan fingerprint density at radius 1 is 1.11 bits per heavy atom. The third-order valence-corrected chi connectivity index (χ3v) is 6.73. The minimum Gasteiger partial charge on any atom is -0.494 e. The van der Waals surface area contributed by atoms with E-state index in [-0.39, 0.29) is 30.0 Å². The number of hydrogen-bond acceptors (Lipinski definition) is 5. The zero-order valence-corrected chi connectivity index (χ0v) is 16.4. The van der Waals surface area contributed by atoms with Crippen LogP contribution in [-0.4, -0.2) is 87.5 Å². The Labute approximate surface area is 159 Å². The predicted molar refractivity (Wildman–Crippen MR) is 96.8 cm³/mol. The lowest BCUT2D eigenvalue weighted by Gasteiger charge is -2.32. The molecule has 2 heterocycles. The molecule has 0 bridgehead atoms. The number of sulfonamides is 1. The normalized spacial score (nSPS) is 19.8. The van der Waals surface area contributed by atoms with Gasteiger partial charge in [0.2, 0.25) is 10.0 Å². The van der Waals surface area contributed by atoms with E-state index in [1.165, 1.54) is 14.1 Å².